The maximum Gasteiger partial charge on any atom is 0.243 e. The summed E-state index contributed by atoms with van der Waals surface area (Å²) in [5, 5.41) is 7.57. The van der Waals surface area contributed by atoms with E-state index in [-0.39, 0.29) is 11.6 Å². The zero-order valence-electron chi connectivity index (χ0n) is 10.9. The number of hydrogen-bond donors (Lipinski definition) is 1. The van der Waals surface area contributed by atoms with Gasteiger partial charge in [-0.25, -0.2) is 0 Å². The molecule has 1 aromatic rings. The predicted molar refractivity (Wildman–Crippen MR) is 66.0 cm³/mol. The lowest BCUT2D eigenvalue weighted by Crippen LogP contribution is -2.28. The molecule has 2 aliphatic rings. The van der Waals surface area contributed by atoms with Crippen molar-refractivity contribution in [3.63, 3.8) is 0 Å². The first kappa shape index (κ1) is 12.1. The first-order valence-corrected chi connectivity index (χ1v) is 7.05. The molecule has 0 amide bonds. The van der Waals surface area contributed by atoms with Gasteiger partial charge in [0.15, 0.2) is 0 Å². The molecule has 5 nitrogen and oxygen atoms in total. The van der Waals surface area contributed by atoms with Crippen LogP contribution in [0.3, 0.4) is 0 Å². The Morgan fingerprint density at radius 3 is 2.89 bits per heavy atom. The summed E-state index contributed by atoms with van der Waals surface area (Å²) in [5.74, 6) is 1.49. The number of nitrogens with one attached hydrogen (secondary N) is 1. The van der Waals surface area contributed by atoms with Crippen molar-refractivity contribution in [2.75, 3.05) is 13.2 Å². The van der Waals surface area contributed by atoms with E-state index in [2.05, 4.69) is 15.5 Å². The fraction of sp³-hybridized carbons (Fsp3) is 0.846. The molecule has 1 atom stereocenters. The second-order valence-electron chi connectivity index (χ2n) is 5.24. The van der Waals surface area contributed by atoms with Crippen LogP contribution in [-0.4, -0.2) is 23.3 Å². The summed E-state index contributed by atoms with van der Waals surface area (Å²) in [6.45, 7) is 3.77. The number of ether oxygens (including phenoxy) is 1. The minimum absolute atomic E-state index is 0.242. The fourth-order valence-corrected chi connectivity index (χ4v) is 3.11. The summed E-state index contributed by atoms with van der Waals surface area (Å²) in [7, 11) is 0. The van der Waals surface area contributed by atoms with Crippen LogP contribution in [0, 0.1) is 0 Å². The summed E-state index contributed by atoms with van der Waals surface area (Å²) >= 11 is 0. The van der Waals surface area contributed by atoms with Crippen molar-refractivity contribution in [3.05, 3.63) is 11.7 Å². The van der Waals surface area contributed by atoms with Gasteiger partial charge in [-0.1, -0.05) is 5.16 Å². The topological polar surface area (TPSA) is 60.2 Å². The molecule has 1 N–H and O–H groups in total. The third-order valence-electron chi connectivity index (χ3n) is 4.04. The third-order valence-corrected chi connectivity index (χ3v) is 4.04. The molecule has 0 spiro atoms. The van der Waals surface area contributed by atoms with E-state index in [0.717, 1.165) is 37.5 Å². The highest BCUT2D eigenvalue weighted by atomic mass is 16.5. The Kier molecular flexibility index (Phi) is 3.35. The van der Waals surface area contributed by atoms with Crippen molar-refractivity contribution >= 4 is 0 Å². The van der Waals surface area contributed by atoms with Gasteiger partial charge in [-0.2, -0.15) is 4.98 Å². The van der Waals surface area contributed by atoms with Crippen LogP contribution < -0.4 is 5.32 Å². The second-order valence-corrected chi connectivity index (χ2v) is 5.24. The lowest BCUT2D eigenvalue weighted by atomic mass is 10.0. The predicted octanol–water partition coefficient (Wildman–Crippen LogP) is 2.30. The van der Waals surface area contributed by atoms with E-state index < -0.39 is 0 Å². The molecular formula is C13H21N3O2. The number of hydrogen-bond acceptors (Lipinski definition) is 5. The van der Waals surface area contributed by atoms with Crippen molar-refractivity contribution in [2.45, 2.75) is 57.1 Å². The Hall–Kier alpha value is -0.940. The van der Waals surface area contributed by atoms with Crippen LogP contribution in [0.5, 0.6) is 0 Å². The lowest BCUT2D eigenvalue weighted by molar-refractivity contribution is -0.0469. The van der Waals surface area contributed by atoms with Crippen molar-refractivity contribution in [3.8, 4) is 0 Å². The Bertz CT molecular complexity index is 393. The molecule has 1 aliphatic heterocycles. The largest absolute Gasteiger partial charge is 0.367 e. The molecule has 0 aromatic carbocycles. The highest BCUT2D eigenvalue weighted by Gasteiger charge is 2.41. The monoisotopic (exact) mass is 251 g/mol. The molecule has 0 unspecified atom stereocenters. The van der Waals surface area contributed by atoms with Crippen molar-refractivity contribution < 1.29 is 9.26 Å². The van der Waals surface area contributed by atoms with Crippen LogP contribution in [0.1, 0.15) is 63.2 Å². The van der Waals surface area contributed by atoms with E-state index in [1.165, 1.54) is 19.3 Å². The minimum Gasteiger partial charge on any atom is -0.367 e. The van der Waals surface area contributed by atoms with E-state index in [1.54, 1.807) is 0 Å². The summed E-state index contributed by atoms with van der Waals surface area (Å²) < 4.78 is 11.4. The van der Waals surface area contributed by atoms with Gasteiger partial charge in [0.05, 0.1) is 6.04 Å². The van der Waals surface area contributed by atoms with Gasteiger partial charge in [0.1, 0.15) is 5.60 Å². The molecule has 0 radical (unpaired) electrons. The Balaban J connectivity index is 1.82. The van der Waals surface area contributed by atoms with Crippen LogP contribution in [0.25, 0.3) is 0 Å². The molecule has 3 rings (SSSR count). The molecular weight excluding hydrogens is 230 g/mol. The molecule has 2 heterocycles. The normalized spacial score (nSPS) is 26.8. The van der Waals surface area contributed by atoms with Gasteiger partial charge in [-0.3, -0.25) is 0 Å². The number of rotatable bonds is 4. The highest BCUT2D eigenvalue weighted by Crippen LogP contribution is 2.41. The van der Waals surface area contributed by atoms with Crippen LogP contribution in [0.4, 0.5) is 0 Å². The molecule has 1 saturated heterocycles. The van der Waals surface area contributed by atoms with E-state index in [0.29, 0.717) is 6.61 Å². The van der Waals surface area contributed by atoms with Gasteiger partial charge >= 0.3 is 0 Å². The average molecular weight is 251 g/mol. The first-order chi connectivity index (χ1) is 8.84. The molecule has 5 heteroatoms. The molecule has 2 fully saturated rings. The summed E-state index contributed by atoms with van der Waals surface area (Å²) in [6.07, 6.45) is 6.66. The quantitative estimate of drug-likeness (QED) is 0.889. The maximum absolute atomic E-state index is 5.95. The van der Waals surface area contributed by atoms with Crippen molar-refractivity contribution in [1.29, 1.82) is 0 Å². The smallest absolute Gasteiger partial charge is 0.243 e. The van der Waals surface area contributed by atoms with E-state index in [4.69, 9.17) is 9.26 Å². The van der Waals surface area contributed by atoms with Crippen LogP contribution in [0.2, 0.25) is 0 Å². The van der Waals surface area contributed by atoms with Crippen LogP contribution in [0.15, 0.2) is 4.52 Å². The summed E-state index contributed by atoms with van der Waals surface area (Å²) in [5.41, 5.74) is -0.283. The SMILES string of the molecule is CCOC1(c2noc([C@@H]3CCCN3)n2)CCCC1. The summed E-state index contributed by atoms with van der Waals surface area (Å²) in [4.78, 5) is 4.60. The summed E-state index contributed by atoms with van der Waals surface area (Å²) in [6, 6.07) is 0.242. The molecule has 1 aromatic heterocycles. The first-order valence-electron chi connectivity index (χ1n) is 7.05. The van der Waals surface area contributed by atoms with Crippen LogP contribution in [-0.2, 0) is 10.3 Å². The molecule has 1 saturated carbocycles. The van der Waals surface area contributed by atoms with Gasteiger partial charge < -0.3 is 14.6 Å². The zero-order chi connectivity index (χ0) is 12.4. The van der Waals surface area contributed by atoms with E-state index in [1.807, 2.05) is 6.92 Å². The molecule has 1 aliphatic carbocycles. The van der Waals surface area contributed by atoms with Crippen molar-refractivity contribution in [2.24, 2.45) is 0 Å². The minimum atomic E-state index is -0.283. The Morgan fingerprint density at radius 1 is 1.39 bits per heavy atom. The van der Waals surface area contributed by atoms with Gasteiger partial charge in [-0.15, -0.1) is 0 Å². The third kappa shape index (κ3) is 2.06. The maximum atomic E-state index is 5.95. The van der Waals surface area contributed by atoms with Gasteiger partial charge in [0.2, 0.25) is 11.7 Å². The zero-order valence-corrected chi connectivity index (χ0v) is 10.9. The lowest BCUT2D eigenvalue weighted by Gasteiger charge is -2.24. The standard InChI is InChI=1S/C13H21N3O2/c1-2-17-13(7-3-4-8-13)12-15-11(18-16-12)10-6-5-9-14-10/h10,14H,2-9H2,1H3/t10-/m0/s1. The van der Waals surface area contributed by atoms with E-state index in [9.17, 15) is 0 Å². The van der Waals surface area contributed by atoms with Gasteiger partial charge in [0.25, 0.3) is 0 Å². The highest BCUT2D eigenvalue weighted by molar-refractivity contribution is 5.06. The molecule has 0 bridgehead atoms. The van der Waals surface area contributed by atoms with Crippen molar-refractivity contribution in [1.82, 2.24) is 15.5 Å². The second kappa shape index (κ2) is 4.97. The Morgan fingerprint density at radius 2 is 2.22 bits per heavy atom. The van der Waals surface area contributed by atoms with Gasteiger partial charge in [-0.05, 0) is 52.0 Å². The molecule has 100 valence electrons. The Labute approximate surface area is 107 Å². The fourth-order valence-electron chi connectivity index (χ4n) is 3.11. The van der Waals surface area contributed by atoms with Gasteiger partial charge in [0, 0.05) is 6.61 Å². The molecule has 18 heavy (non-hydrogen) atoms. The average Bonchev–Trinajstić information content (AvgIpc) is 3.11. The number of aromatic nitrogens is 2. The number of nitrogens with zero attached hydrogens (tertiary/aromatic N) is 2. The van der Waals surface area contributed by atoms with E-state index >= 15 is 0 Å². The van der Waals surface area contributed by atoms with Crippen LogP contribution >= 0.6 is 0 Å².